The van der Waals surface area contributed by atoms with Crippen LogP contribution in [-0.2, 0) is 19.0 Å². The number of ether oxygens (including phenoxy) is 3. The molecule has 4 nitrogen and oxygen atoms in total. The molecule has 78 valence electrons. The van der Waals surface area contributed by atoms with Crippen LogP contribution in [0.5, 0.6) is 0 Å². The van der Waals surface area contributed by atoms with Crippen molar-refractivity contribution in [1.82, 2.24) is 0 Å². The summed E-state index contributed by atoms with van der Waals surface area (Å²) >= 11 is 0. The SMILES string of the molecule is CC1CO1.COCCCOC(C)=O. The molecule has 0 spiro atoms. The van der Waals surface area contributed by atoms with E-state index in [-0.39, 0.29) is 5.97 Å². The van der Waals surface area contributed by atoms with Gasteiger partial charge in [-0.15, -0.1) is 0 Å². The van der Waals surface area contributed by atoms with Gasteiger partial charge < -0.3 is 14.2 Å². The molecule has 1 aliphatic rings. The van der Waals surface area contributed by atoms with Crippen molar-refractivity contribution in [2.75, 3.05) is 26.9 Å². The van der Waals surface area contributed by atoms with E-state index in [2.05, 4.69) is 11.7 Å². The number of esters is 1. The van der Waals surface area contributed by atoms with Crippen LogP contribution in [0.2, 0.25) is 0 Å². The Bertz CT molecular complexity index is 132. The van der Waals surface area contributed by atoms with Gasteiger partial charge in [0.1, 0.15) is 0 Å². The Balaban J connectivity index is 0.000000293. The van der Waals surface area contributed by atoms with Crippen LogP contribution in [0.3, 0.4) is 0 Å². The Kier molecular flexibility index (Phi) is 7.63. The Morgan fingerprint density at radius 3 is 2.38 bits per heavy atom. The van der Waals surface area contributed by atoms with Gasteiger partial charge in [0.05, 0.1) is 19.3 Å². The van der Waals surface area contributed by atoms with Gasteiger partial charge in [-0.2, -0.15) is 0 Å². The molecule has 4 heteroatoms. The average Bonchev–Trinajstić information content (AvgIpc) is 2.82. The standard InChI is InChI=1S/C6H12O3.C3H6O/c1-6(7)9-5-3-4-8-2;1-3-2-4-3/h3-5H2,1-2H3;3H,2H2,1H3. The molecule has 0 bridgehead atoms. The molecule has 1 unspecified atom stereocenters. The Labute approximate surface area is 79.2 Å². The molecular weight excluding hydrogens is 172 g/mol. The van der Waals surface area contributed by atoms with Crippen molar-refractivity contribution in [3.8, 4) is 0 Å². The molecule has 1 rings (SSSR count). The minimum Gasteiger partial charge on any atom is -0.466 e. The number of hydrogen-bond donors (Lipinski definition) is 0. The second-order valence-corrected chi connectivity index (χ2v) is 2.83. The summed E-state index contributed by atoms with van der Waals surface area (Å²) in [6, 6.07) is 0. The topological polar surface area (TPSA) is 48.1 Å². The van der Waals surface area contributed by atoms with Crippen LogP contribution in [0.4, 0.5) is 0 Å². The fourth-order valence-corrected chi connectivity index (χ4v) is 0.515. The van der Waals surface area contributed by atoms with E-state index >= 15 is 0 Å². The third-order valence-electron chi connectivity index (χ3n) is 1.30. The van der Waals surface area contributed by atoms with E-state index in [4.69, 9.17) is 9.47 Å². The molecule has 1 fully saturated rings. The Hall–Kier alpha value is -0.610. The van der Waals surface area contributed by atoms with E-state index in [1.165, 1.54) is 6.92 Å². The maximum atomic E-state index is 10.1. The van der Waals surface area contributed by atoms with Crippen molar-refractivity contribution in [1.29, 1.82) is 0 Å². The van der Waals surface area contributed by atoms with Crippen molar-refractivity contribution in [3.05, 3.63) is 0 Å². The molecule has 0 saturated carbocycles. The number of methoxy groups -OCH3 is 1. The second kappa shape index (κ2) is 8.01. The van der Waals surface area contributed by atoms with E-state index in [0.29, 0.717) is 19.3 Å². The molecule has 0 N–H and O–H groups in total. The van der Waals surface area contributed by atoms with E-state index in [9.17, 15) is 4.79 Å². The van der Waals surface area contributed by atoms with Crippen LogP contribution >= 0.6 is 0 Å². The highest BCUT2D eigenvalue weighted by molar-refractivity contribution is 5.65. The van der Waals surface area contributed by atoms with E-state index in [1.54, 1.807) is 7.11 Å². The summed E-state index contributed by atoms with van der Waals surface area (Å²) in [5.41, 5.74) is 0. The van der Waals surface area contributed by atoms with Crippen molar-refractivity contribution >= 4 is 5.97 Å². The molecule has 1 atom stereocenters. The maximum absolute atomic E-state index is 10.1. The third-order valence-corrected chi connectivity index (χ3v) is 1.30. The van der Waals surface area contributed by atoms with Crippen LogP contribution in [0, 0.1) is 0 Å². The average molecular weight is 190 g/mol. The first-order valence-corrected chi connectivity index (χ1v) is 4.40. The third kappa shape index (κ3) is 14.3. The minimum absolute atomic E-state index is 0.230. The molecule has 0 aromatic rings. The highest BCUT2D eigenvalue weighted by Crippen LogP contribution is 2.04. The van der Waals surface area contributed by atoms with Crippen LogP contribution in [0.1, 0.15) is 20.3 Å². The quantitative estimate of drug-likeness (QED) is 0.377. The smallest absolute Gasteiger partial charge is 0.302 e. The van der Waals surface area contributed by atoms with Crippen molar-refractivity contribution in [2.45, 2.75) is 26.4 Å². The highest BCUT2D eigenvalue weighted by atomic mass is 16.6. The summed E-state index contributed by atoms with van der Waals surface area (Å²) in [6.45, 7) is 5.54. The Morgan fingerprint density at radius 1 is 1.54 bits per heavy atom. The summed E-state index contributed by atoms with van der Waals surface area (Å²) in [5.74, 6) is -0.230. The predicted molar refractivity (Wildman–Crippen MR) is 48.5 cm³/mol. The zero-order chi connectivity index (χ0) is 10.1. The van der Waals surface area contributed by atoms with Crippen LogP contribution < -0.4 is 0 Å². The number of carbonyl (C=O) groups is 1. The largest absolute Gasteiger partial charge is 0.466 e. The lowest BCUT2D eigenvalue weighted by atomic mass is 10.5. The number of epoxide rings is 1. The van der Waals surface area contributed by atoms with E-state index in [1.807, 2.05) is 0 Å². The molecule has 1 heterocycles. The molecule has 1 saturated heterocycles. The molecule has 0 aromatic heterocycles. The molecule has 1 aliphatic heterocycles. The lowest BCUT2D eigenvalue weighted by molar-refractivity contribution is -0.141. The second-order valence-electron chi connectivity index (χ2n) is 2.83. The zero-order valence-electron chi connectivity index (χ0n) is 8.54. The zero-order valence-corrected chi connectivity index (χ0v) is 8.54. The lowest BCUT2D eigenvalue weighted by Gasteiger charge is -1.98. The normalized spacial score (nSPS) is 18.5. The maximum Gasteiger partial charge on any atom is 0.302 e. The van der Waals surface area contributed by atoms with Crippen molar-refractivity contribution in [3.63, 3.8) is 0 Å². The van der Waals surface area contributed by atoms with E-state index in [0.717, 1.165) is 13.0 Å². The number of carbonyl (C=O) groups excluding carboxylic acids is 1. The molecule has 13 heavy (non-hydrogen) atoms. The molecule has 0 aromatic carbocycles. The number of hydrogen-bond acceptors (Lipinski definition) is 4. The first kappa shape index (κ1) is 12.4. The predicted octanol–water partition coefficient (Wildman–Crippen LogP) is 0.991. The summed E-state index contributed by atoms with van der Waals surface area (Å²) in [4.78, 5) is 10.1. The van der Waals surface area contributed by atoms with Gasteiger partial charge in [0.2, 0.25) is 0 Å². The fraction of sp³-hybridized carbons (Fsp3) is 0.889. The molecule has 0 radical (unpaired) electrons. The van der Waals surface area contributed by atoms with Crippen molar-refractivity contribution in [2.24, 2.45) is 0 Å². The lowest BCUT2D eigenvalue weighted by Crippen LogP contribution is -2.02. The van der Waals surface area contributed by atoms with Crippen LogP contribution in [0.15, 0.2) is 0 Å². The Morgan fingerprint density at radius 2 is 2.08 bits per heavy atom. The van der Waals surface area contributed by atoms with E-state index < -0.39 is 0 Å². The van der Waals surface area contributed by atoms with Gasteiger partial charge in [0.25, 0.3) is 0 Å². The van der Waals surface area contributed by atoms with Gasteiger partial charge in [-0.1, -0.05) is 0 Å². The fourth-order valence-electron chi connectivity index (χ4n) is 0.515. The van der Waals surface area contributed by atoms with Crippen LogP contribution in [-0.4, -0.2) is 39.0 Å². The first-order chi connectivity index (χ1) is 6.16. The first-order valence-electron chi connectivity index (χ1n) is 4.40. The van der Waals surface area contributed by atoms with Gasteiger partial charge in [-0.3, -0.25) is 4.79 Å². The summed E-state index contributed by atoms with van der Waals surface area (Å²) in [6.07, 6.45) is 1.36. The summed E-state index contributed by atoms with van der Waals surface area (Å²) in [7, 11) is 1.62. The molecule has 0 aliphatic carbocycles. The summed E-state index contributed by atoms with van der Waals surface area (Å²) < 4.78 is 14.1. The monoisotopic (exact) mass is 190 g/mol. The highest BCUT2D eigenvalue weighted by Gasteiger charge is 2.13. The van der Waals surface area contributed by atoms with Gasteiger partial charge in [-0.05, 0) is 6.92 Å². The molecule has 0 amide bonds. The van der Waals surface area contributed by atoms with Gasteiger partial charge >= 0.3 is 5.97 Å². The summed E-state index contributed by atoms with van der Waals surface area (Å²) in [5, 5.41) is 0. The van der Waals surface area contributed by atoms with Crippen molar-refractivity contribution < 1.29 is 19.0 Å². The van der Waals surface area contributed by atoms with Crippen LogP contribution in [0.25, 0.3) is 0 Å². The minimum atomic E-state index is -0.230. The molecular formula is C9H18O4. The number of rotatable bonds is 4. The van der Waals surface area contributed by atoms with Gasteiger partial charge in [0, 0.05) is 27.1 Å². The van der Waals surface area contributed by atoms with Gasteiger partial charge in [0.15, 0.2) is 0 Å². The van der Waals surface area contributed by atoms with Gasteiger partial charge in [-0.25, -0.2) is 0 Å².